The van der Waals surface area contributed by atoms with E-state index in [9.17, 15) is 29.8 Å². The molecule has 0 amide bonds. The van der Waals surface area contributed by atoms with Gasteiger partial charge in [-0.3, -0.25) is 25.0 Å². The minimum atomic E-state index is -1.02. The number of rotatable bonds is 10. The molecular weight excluding hydrogens is 528 g/mol. The summed E-state index contributed by atoms with van der Waals surface area (Å²) >= 11 is 5.97. The van der Waals surface area contributed by atoms with Crippen LogP contribution in [0.3, 0.4) is 0 Å². The number of esters is 1. The van der Waals surface area contributed by atoms with Crippen LogP contribution in [0.15, 0.2) is 70.1 Å². The summed E-state index contributed by atoms with van der Waals surface area (Å²) < 4.78 is 11.3. The Balaban J connectivity index is 1.76. The van der Waals surface area contributed by atoms with Gasteiger partial charge in [-0.05, 0) is 42.2 Å². The van der Waals surface area contributed by atoms with Gasteiger partial charge in [-0.1, -0.05) is 49.9 Å². The van der Waals surface area contributed by atoms with Crippen LogP contribution in [0.25, 0.3) is 22.1 Å². The number of carbonyl (C=O) groups excluding carboxylic acids is 1. The largest absolute Gasteiger partial charge is 0.463 e. The van der Waals surface area contributed by atoms with Crippen molar-refractivity contribution in [3.63, 3.8) is 0 Å². The Morgan fingerprint density at radius 3 is 2.23 bits per heavy atom. The van der Waals surface area contributed by atoms with Crippen molar-refractivity contribution in [2.45, 2.75) is 39.0 Å². The first-order valence-electron chi connectivity index (χ1n) is 12.2. The summed E-state index contributed by atoms with van der Waals surface area (Å²) in [7, 11) is 0. The molecule has 0 radical (unpaired) electrons. The number of halogens is 1. The van der Waals surface area contributed by atoms with Gasteiger partial charge in [-0.2, -0.15) is 0 Å². The van der Waals surface area contributed by atoms with Crippen molar-refractivity contribution in [1.82, 2.24) is 0 Å². The van der Waals surface area contributed by atoms with Gasteiger partial charge in [0.25, 0.3) is 11.4 Å². The molecule has 0 aliphatic rings. The number of nitro benzene ring substituents is 2. The van der Waals surface area contributed by atoms with Gasteiger partial charge >= 0.3 is 5.97 Å². The third kappa shape index (κ3) is 6.29. The van der Waals surface area contributed by atoms with E-state index >= 15 is 0 Å². The molecule has 0 saturated heterocycles. The van der Waals surface area contributed by atoms with Gasteiger partial charge < -0.3 is 9.15 Å². The molecule has 0 aliphatic carbocycles. The van der Waals surface area contributed by atoms with Crippen LogP contribution >= 0.6 is 11.6 Å². The van der Waals surface area contributed by atoms with Gasteiger partial charge in [-0.15, -0.1) is 0 Å². The van der Waals surface area contributed by atoms with E-state index in [0.29, 0.717) is 33.5 Å². The van der Waals surface area contributed by atoms with Gasteiger partial charge in [0, 0.05) is 23.2 Å². The lowest BCUT2D eigenvalue weighted by Crippen LogP contribution is -2.12. The zero-order chi connectivity index (χ0) is 28.1. The molecule has 200 valence electrons. The number of nitrogens with zero attached hydrogens (tertiary/aromatic N) is 2. The number of benzene rings is 3. The van der Waals surface area contributed by atoms with Crippen LogP contribution < -0.4 is 10.2 Å². The lowest BCUT2D eigenvalue weighted by atomic mass is 10.0. The summed E-state index contributed by atoms with van der Waals surface area (Å²) in [4.78, 5) is 47.2. The molecule has 4 rings (SSSR count). The third-order valence-corrected chi connectivity index (χ3v) is 6.43. The van der Waals surface area contributed by atoms with Crippen LogP contribution in [-0.2, 0) is 6.42 Å². The van der Waals surface area contributed by atoms with Crippen molar-refractivity contribution in [2.24, 2.45) is 0 Å². The summed E-state index contributed by atoms with van der Waals surface area (Å²) in [6.45, 7) is 2.07. The molecule has 3 aromatic carbocycles. The molecule has 10 nitrogen and oxygen atoms in total. The molecular formula is C28H23ClN2O8. The van der Waals surface area contributed by atoms with Crippen LogP contribution in [0.1, 0.15) is 48.5 Å². The molecule has 0 spiro atoms. The number of unbranched alkanes of at least 4 members (excludes halogenated alkanes) is 3. The lowest BCUT2D eigenvalue weighted by Gasteiger charge is -2.12. The van der Waals surface area contributed by atoms with Gasteiger partial charge in [0.2, 0.25) is 5.43 Å². The maximum Gasteiger partial charge on any atom is 0.344 e. The molecule has 0 saturated carbocycles. The average molecular weight is 551 g/mol. The second kappa shape index (κ2) is 11.9. The predicted octanol–water partition coefficient (Wildman–Crippen LogP) is 7.27. The summed E-state index contributed by atoms with van der Waals surface area (Å²) in [6, 6.07) is 12.4. The van der Waals surface area contributed by atoms with Crippen LogP contribution in [0.2, 0.25) is 5.02 Å². The standard InChI is InChI=1S/C28H23ClN2O8/c1-2-3-4-5-6-18-13-23-26(38-16-24(27(23)32)17-7-9-20(29)10-8-17)15-25(18)39-28(33)19-11-21(30(34)35)14-22(12-19)31(36)37/h7-16H,2-6H2,1H3. The second-order valence-corrected chi connectivity index (χ2v) is 9.33. The molecule has 39 heavy (non-hydrogen) atoms. The third-order valence-electron chi connectivity index (χ3n) is 6.17. The minimum absolute atomic E-state index is 0.0977. The Morgan fingerprint density at radius 2 is 1.62 bits per heavy atom. The van der Waals surface area contributed by atoms with Crippen molar-refractivity contribution < 1.29 is 23.8 Å². The molecule has 0 bridgehead atoms. The fourth-order valence-corrected chi connectivity index (χ4v) is 4.27. The lowest BCUT2D eigenvalue weighted by molar-refractivity contribution is -0.394. The Labute approximate surface area is 227 Å². The minimum Gasteiger partial charge on any atom is -0.463 e. The molecule has 0 fully saturated rings. The monoisotopic (exact) mass is 550 g/mol. The molecule has 4 aromatic rings. The second-order valence-electron chi connectivity index (χ2n) is 8.89. The number of hydrogen-bond donors (Lipinski definition) is 0. The van der Waals surface area contributed by atoms with E-state index in [2.05, 4.69) is 6.92 Å². The van der Waals surface area contributed by atoms with Crippen molar-refractivity contribution in [2.75, 3.05) is 0 Å². The average Bonchev–Trinajstić information content (AvgIpc) is 2.92. The summed E-state index contributed by atoms with van der Waals surface area (Å²) in [5.74, 6) is -0.920. The maximum absolute atomic E-state index is 13.4. The van der Waals surface area contributed by atoms with Gasteiger partial charge in [-0.25, -0.2) is 4.79 Å². The van der Waals surface area contributed by atoms with Crippen molar-refractivity contribution in [3.8, 4) is 16.9 Å². The fraction of sp³-hybridized carbons (Fsp3) is 0.214. The highest BCUT2D eigenvalue weighted by molar-refractivity contribution is 6.30. The zero-order valence-corrected chi connectivity index (χ0v) is 21.6. The number of ether oxygens (including phenoxy) is 1. The highest BCUT2D eigenvalue weighted by atomic mass is 35.5. The summed E-state index contributed by atoms with van der Waals surface area (Å²) in [6.07, 6.45) is 5.48. The Morgan fingerprint density at radius 1 is 0.949 bits per heavy atom. The smallest absolute Gasteiger partial charge is 0.344 e. The van der Waals surface area contributed by atoms with E-state index in [1.807, 2.05) is 0 Å². The van der Waals surface area contributed by atoms with Gasteiger partial charge in [0.05, 0.1) is 32.4 Å². The van der Waals surface area contributed by atoms with Crippen molar-refractivity contribution in [1.29, 1.82) is 0 Å². The quantitative estimate of drug-likeness (QED) is 0.0659. The number of fused-ring (bicyclic) bond motifs is 1. The first kappa shape index (κ1) is 27.5. The normalized spacial score (nSPS) is 10.9. The van der Waals surface area contributed by atoms with E-state index in [4.69, 9.17) is 20.8 Å². The number of hydrogen-bond acceptors (Lipinski definition) is 8. The van der Waals surface area contributed by atoms with Crippen molar-refractivity contribution >= 4 is 39.9 Å². The SMILES string of the molecule is CCCCCCc1cc2c(=O)c(-c3ccc(Cl)cc3)coc2cc1OC(=O)c1cc([N+](=O)[O-])cc([N+](=O)[O-])c1. The molecule has 0 N–H and O–H groups in total. The van der Waals surface area contributed by atoms with Gasteiger partial charge in [0.15, 0.2) is 0 Å². The molecule has 0 atom stereocenters. The molecule has 0 unspecified atom stereocenters. The topological polar surface area (TPSA) is 143 Å². The number of carbonyl (C=O) groups is 1. The first-order valence-corrected chi connectivity index (χ1v) is 12.6. The van der Waals surface area contributed by atoms with Crippen LogP contribution in [0.5, 0.6) is 5.75 Å². The molecule has 1 aromatic heterocycles. The van der Waals surface area contributed by atoms with Crippen LogP contribution in [-0.4, -0.2) is 15.8 Å². The number of aryl methyl sites for hydroxylation is 1. The van der Waals surface area contributed by atoms with E-state index in [1.54, 1.807) is 30.3 Å². The molecule has 11 heteroatoms. The zero-order valence-electron chi connectivity index (χ0n) is 20.8. The molecule has 0 aliphatic heterocycles. The predicted molar refractivity (Wildman–Crippen MR) is 145 cm³/mol. The number of nitro groups is 2. The van der Waals surface area contributed by atoms with E-state index in [-0.39, 0.29) is 22.3 Å². The van der Waals surface area contributed by atoms with Gasteiger partial charge in [0.1, 0.15) is 17.6 Å². The first-order chi connectivity index (χ1) is 18.7. The van der Waals surface area contributed by atoms with Crippen molar-refractivity contribution in [3.05, 3.63) is 107 Å². The molecule has 1 heterocycles. The summed E-state index contributed by atoms with van der Waals surface area (Å²) in [5, 5.41) is 23.3. The fourth-order valence-electron chi connectivity index (χ4n) is 4.15. The van der Waals surface area contributed by atoms with E-state index in [1.165, 1.54) is 12.3 Å². The van der Waals surface area contributed by atoms with Crippen LogP contribution in [0.4, 0.5) is 11.4 Å². The Bertz CT molecular complexity index is 1600. The highest BCUT2D eigenvalue weighted by Gasteiger charge is 2.23. The Kier molecular flexibility index (Phi) is 8.36. The summed E-state index contributed by atoms with van der Waals surface area (Å²) in [5.41, 5.74) is -0.166. The van der Waals surface area contributed by atoms with E-state index < -0.39 is 27.2 Å². The Hall–Kier alpha value is -4.57. The maximum atomic E-state index is 13.4. The van der Waals surface area contributed by atoms with Crippen LogP contribution in [0, 0.1) is 20.2 Å². The highest BCUT2D eigenvalue weighted by Crippen LogP contribution is 2.30. The van der Waals surface area contributed by atoms with E-state index in [0.717, 1.165) is 43.9 Å². The number of non-ortho nitro benzene ring substituents is 2.